The van der Waals surface area contributed by atoms with Crippen LogP contribution in [0.2, 0.25) is 0 Å². The zero-order chi connectivity index (χ0) is 14.8. The van der Waals surface area contributed by atoms with Gasteiger partial charge in [-0.2, -0.15) is 0 Å². The Kier molecular flexibility index (Phi) is 3.62. The van der Waals surface area contributed by atoms with Gasteiger partial charge in [0, 0.05) is 0 Å². The zero-order valence-corrected chi connectivity index (χ0v) is 11.5. The summed E-state index contributed by atoms with van der Waals surface area (Å²) in [5, 5.41) is 18.6. The van der Waals surface area contributed by atoms with Gasteiger partial charge in [0.15, 0.2) is 0 Å². The van der Waals surface area contributed by atoms with Crippen molar-refractivity contribution in [2.45, 2.75) is 25.6 Å². The van der Waals surface area contributed by atoms with Crippen LogP contribution in [0.5, 0.6) is 5.75 Å². The molecule has 0 amide bonds. The Hall–Kier alpha value is -2.33. The molecule has 0 heterocycles. The van der Waals surface area contributed by atoms with Crippen LogP contribution in [0.15, 0.2) is 42.5 Å². The van der Waals surface area contributed by atoms with E-state index in [9.17, 15) is 9.90 Å². The molecule has 4 heteroatoms. The largest absolute Gasteiger partial charge is 0.489 e. The molecule has 0 fully saturated rings. The third-order valence-electron chi connectivity index (χ3n) is 3.77. The van der Waals surface area contributed by atoms with Crippen LogP contribution in [0.1, 0.15) is 39.6 Å². The van der Waals surface area contributed by atoms with Crippen molar-refractivity contribution in [3.05, 3.63) is 64.7 Å². The first-order valence-electron chi connectivity index (χ1n) is 6.89. The number of aryl methyl sites for hydroxylation is 1. The first-order chi connectivity index (χ1) is 10.1. The van der Waals surface area contributed by atoms with Crippen LogP contribution in [-0.2, 0) is 13.0 Å². The maximum Gasteiger partial charge on any atom is 0.335 e. The van der Waals surface area contributed by atoms with E-state index in [0.29, 0.717) is 6.61 Å². The summed E-state index contributed by atoms with van der Waals surface area (Å²) in [6.07, 6.45) is 1.30. The summed E-state index contributed by atoms with van der Waals surface area (Å²) >= 11 is 0. The molecule has 108 valence electrons. The van der Waals surface area contributed by atoms with Gasteiger partial charge in [-0.15, -0.1) is 0 Å². The van der Waals surface area contributed by atoms with Crippen LogP contribution in [0, 0.1) is 0 Å². The Morgan fingerprint density at radius 3 is 2.67 bits per heavy atom. The molecule has 0 bridgehead atoms. The molecule has 2 aromatic carbocycles. The van der Waals surface area contributed by atoms with Crippen molar-refractivity contribution in [3.63, 3.8) is 0 Å². The van der Waals surface area contributed by atoms with Gasteiger partial charge in [0.05, 0.1) is 11.7 Å². The van der Waals surface area contributed by atoms with Gasteiger partial charge in [0.25, 0.3) is 0 Å². The fourth-order valence-corrected chi connectivity index (χ4v) is 2.57. The molecule has 0 saturated heterocycles. The molecule has 0 aromatic heterocycles. The Bertz CT molecular complexity index is 661. The minimum absolute atomic E-state index is 0.269. The average molecular weight is 284 g/mol. The average Bonchev–Trinajstić information content (AvgIpc) is 2.86. The molecule has 2 N–H and O–H groups in total. The summed E-state index contributed by atoms with van der Waals surface area (Å²) < 4.78 is 5.72. The number of aliphatic hydroxyl groups is 1. The standard InChI is InChI=1S/C17H16O4/c18-16-8-5-13-9-14(6-7-15(13)16)21-10-11-1-3-12(4-2-11)17(19)20/h1-4,6-7,9,16,18H,5,8,10H2,(H,19,20)/t16-/m0/s1. The molecule has 3 rings (SSSR count). The Labute approximate surface area is 122 Å². The molecule has 0 unspecified atom stereocenters. The Morgan fingerprint density at radius 2 is 1.95 bits per heavy atom. The Balaban J connectivity index is 1.66. The molecule has 1 aliphatic carbocycles. The number of benzene rings is 2. The van der Waals surface area contributed by atoms with Crippen LogP contribution < -0.4 is 4.74 Å². The fraction of sp³-hybridized carbons (Fsp3) is 0.235. The third-order valence-corrected chi connectivity index (χ3v) is 3.77. The van der Waals surface area contributed by atoms with Crippen LogP contribution in [-0.4, -0.2) is 16.2 Å². The highest BCUT2D eigenvalue weighted by molar-refractivity contribution is 5.87. The van der Waals surface area contributed by atoms with E-state index >= 15 is 0 Å². The fourth-order valence-electron chi connectivity index (χ4n) is 2.57. The summed E-state index contributed by atoms with van der Waals surface area (Å²) in [5.74, 6) is -0.162. The normalized spacial score (nSPS) is 16.5. The predicted molar refractivity (Wildman–Crippen MR) is 77.5 cm³/mol. The van der Waals surface area contributed by atoms with Crippen molar-refractivity contribution < 1.29 is 19.7 Å². The summed E-state index contributed by atoms with van der Waals surface area (Å²) in [6, 6.07) is 12.4. The highest BCUT2D eigenvalue weighted by Crippen LogP contribution is 2.33. The van der Waals surface area contributed by atoms with Crippen LogP contribution in [0.25, 0.3) is 0 Å². The van der Waals surface area contributed by atoms with E-state index in [1.807, 2.05) is 18.2 Å². The lowest BCUT2D eigenvalue weighted by molar-refractivity contribution is 0.0697. The van der Waals surface area contributed by atoms with E-state index in [0.717, 1.165) is 35.3 Å². The molecule has 0 saturated carbocycles. The maximum absolute atomic E-state index is 10.8. The van der Waals surface area contributed by atoms with E-state index in [4.69, 9.17) is 9.84 Å². The number of carbonyl (C=O) groups is 1. The molecular weight excluding hydrogens is 268 g/mol. The third kappa shape index (κ3) is 2.90. The van der Waals surface area contributed by atoms with E-state index in [1.54, 1.807) is 24.3 Å². The molecule has 21 heavy (non-hydrogen) atoms. The van der Waals surface area contributed by atoms with Crippen molar-refractivity contribution in [2.24, 2.45) is 0 Å². The molecule has 0 radical (unpaired) electrons. The Morgan fingerprint density at radius 1 is 1.19 bits per heavy atom. The lowest BCUT2D eigenvalue weighted by Gasteiger charge is -2.09. The minimum atomic E-state index is -0.931. The van der Waals surface area contributed by atoms with Crippen LogP contribution in [0.3, 0.4) is 0 Å². The summed E-state index contributed by atoms with van der Waals surface area (Å²) in [4.78, 5) is 10.8. The molecule has 2 aromatic rings. The van der Waals surface area contributed by atoms with E-state index < -0.39 is 5.97 Å². The lowest BCUT2D eigenvalue weighted by Crippen LogP contribution is -1.99. The number of carboxylic acid groups (broad SMARTS) is 1. The quantitative estimate of drug-likeness (QED) is 0.906. The second-order valence-electron chi connectivity index (χ2n) is 5.21. The van der Waals surface area contributed by atoms with Gasteiger partial charge in [-0.25, -0.2) is 4.79 Å². The molecule has 0 aliphatic heterocycles. The summed E-state index contributed by atoms with van der Waals surface area (Å²) in [6.45, 7) is 0.390. The SMILES string of the molecule is O=C(O)c1ccc(COc2ccc3c(c2)CC[C@@H]3O)cc1. The van der Waals surface area contributed by atoms with Crippen molar-refractivity contribution >= 4 is 5.97 Å². The van der Waals surface area contributed by atoms with E-state index in [-0.39, 0.29) is 11.7 Å². The molecule has 1 atom stereocenters. The highest BCUT2D eigenvalue weighted by atomic mass is 16.5. The number of hydrogen-bond donors (Lipinski definition) is 2. The molecule has 1 aliphatic rings. The second-order valence-corrected chi connectivity index (χ2v) is 5.21. The number of carboxylic acids is 1. The number of rotatable bonds is 4. The van der Waals surface area contributed by atoms with Gasteiger partial charge in [0.1, 0.15) is 12.4 Å². The lowest BCUT2D eigenvalue weighted by atomic mass is 10.1. The molecule has 4 nitrogen and oxygen atoms in total. The van der Waals surface area contributed by atoms with Crippen LogP contribution >= 0.6 is 0 Å². The van der Waals surface area contributed by atoms with Gasteiger partial charge in [-0.05, 0) is 53.8 Å². The number of hydrogen-bond acceptors (Lipinski definition) is 3. The monoisotopic (exact) mass is 284 g/mol. The number of fused-ring (bicyclic) bond motifs is 1. The minimum Gasteiger partial charge on any atom is -0.489 e. The highest BCUT2D eigenvalue weighted by Gasteiger charge is 2.20. The van der Waals surface area contributed by atoms with Crippen molar-refractivity contribution in [3.8, 4) is 5.75 Å². The summed E-state index contributed by atoms with van der Waals surface area (Å²) in [5.41, 5.74) is 3.32. The maximum atomic E-state index is 10.8. The van der Waals surface area contributed by atoms with Gasteiger partial charge in [-0.3, -0.25) is 0 Å². The predicted octanol–water partition coefficient (Wildman–Crippen LogP) is 2.94. The van der Waals surface area contributed by atoms with E-state index in [1.165, 1.54) is 0 Å². The van der Waals surface area contributed by atoms with Gasteiger partial charge in [0.2, 0.25) is 0 Å². The summed E-state index contributed by atoms with van der Waals surface area (Å²) in [7, 11) is 0. The number of aromatic carboxylic acids is 1. The van der Waals surface area contributed by atoms with Crippen molar-refractivity contribution in [1.29, 1.82) is 0 Å². The number of aliphatic hydroxyl groups excluding tert-OH is 1. The zero-order valence-electron chi connectivity index (χ0n) is 11.5. The van der Waals surface area contributed by atoms with Crippen molar-refractivity contribution in [1.82, 2.24) is 0 Å². The molecule has 0 spiro atoms. The topological polar surface area (TPSA) is 66.8 Å². The van der Waals surface area contributed by atoms with Gasteiger partial charge in [-0.1, -0.05) is 18.2 Å². The number of ether oxygens (including phenoxy) is 1. The first kappa shape index (κ1) is 13.6. The van der Waals surface area contributed by atoms with E-state index in [2.05, 4.69) is 0 Å². The van der Waals surface area contributed by atoms with Crippen molar-refractivity contribution in [2.75, 3.05) is 0 Å². The smallest absolute Gasteiger partial charge is 0.335 e. The first-order valence-corrected chi connectivity index (χ1v) is 6.89. The van der Waals surface area contributed by atoms with Gasteiger partial charge < -0.3 is 14.9 Å². The van der Waals surface area contributed by atoms with Gasteiger partial charge >= 0.3 is 5.97 Å². The van der Waals surface area contributed by atoms with Crippen LogP contribution in [0.4, 0.5) is 0 Å². The molecular formula is C17H16O4. The second kappa shape index (κ2) is 5.58.